The number of halogens is 2. The van der Waals surface area contributed by atoms with Crippen LogP contribution in [0.4, 0.5) is 8.78 Å². The van der Waals surface area contributed by atoms with E-state index < -0.39 is 6.55 Å². The van der Waals surface area contributed by atoms with Gasteiger partial charge in [0.25, 0.3) is 0 Å². The van der Waals surface area contributed by atoms with E-state index in [1.54, 1.807) is 20.9 Å². The summed E-state index contributed by atoms with van der Waals surface area (Å²) in [6.45, 7) is 1.41. The molecule has 0 fully saturated rings. The van der Waals surface area contributed by atoms with Crippen molar-refractivity contribution < 1.29 is 8.78 Å². The van der Waals surface area contributed by atoms with E-state index in [1.807, 2.05) is 0 Å². The van der Waals surface area contributed by atoms with Gasteiger partial charge in [0.1, 0.15) is 0 Å². The maximum absolute atomic E-state index is 12.3. The zero-order valence-corrected chi connectivity index (χ0v) is 7.93. The summed E-state index contributed by atoms with van der Waals surface area (Å²) < 4.78 is 25.4. The SMILES string of the molecule is CNCc1c(C)nn(C(F)F)c1C. The highest BCUT2D eigenvalue weighted by Gasteiger charge is 2.15. The molecule has 0 saturated heterocycles. The quantitative estimate of drug-likeness (QED) is 0.783. The molecule has 0 amide bonds. The number of aromatic nitrogens is 2. The van der Waals surface area contributed by atoms with Crippen LogP contribution in [-0.2, 0) is 6.54 Å². The zero-order valence-electron chi connectivity index (χ0n) is 7.93. The van der Waals surface area contributed by atoms with Crippen LogP contribution >= 0.6 is 0 Å². The summed E-state index contributed by atoms with van der Waals surface area (Å²) in [6.07, 6.45) is 0. The highest BCUT2D eigenvalue weighted by molar-refractivity contribution is 5.24. The third-order valence-electron chi connectivity index (χ3n) is 2.01. The van der Waals surface area contributed by atoms with Crippen LogP contribution in [0, 0.1) is 13.8 Å². The van der Waals surface area contributed by atoms with Crippen molar-refractivity contribution in [2.24, 2.45) is 0 Å². The van der Waals surface area contributed by atoms with E-state index in [-0.39, 0.29) is 0 Å². The lowest BCUT2D eigenvalue weighted by atomic mass is 10.2. The molecule has 1 rings (SSSR count). The third-order valence-corrected chi connectivity index (χ3v) is 2.01. The van der Waals surface area contributed by atoms with E-state index >= 15 is 0 Å². The minimum atomic E-state index is -2.55. The fourth-order valence-corrected chi connectivity index (χ4v) is 1.32. The lowest BCUT2D eigenvalue weighted by molar-refractivity contribution is 0.0540. The molecule has 0 saturated carbocycles. The van der Waals surface area contributed by atoms with Gasteiger partial charge < -0.3 is 5.32 Å². The second-order valence-corrected chi connectivity index (χ2v) is 2.90. The number of rotatable bonds is 3. The van der Waals surface area contributed by atoms with Crippen molar-refractivity contribution in [3.8, 4) is 0 Å². The molecule has 0 aromatic carbocycles. The molecule has 0 atom stereocenters. The third kappa shape index (κ3) is 1.85. The first-order valence-electron chi connectivity index (χ1n) is 4.05. The summed E-state index contributed by atoms with van der Waals surface area (Å²) in [5.41, 5.74) is 2.04. The van der Waals surface area contributed by atoms with E-state index in [1.165, 1.54) is 0 Å². The van der Waals surface area contributed by atoms with Gasteiger partial charge in [-0.05, 0) is 20.9 Å². The molecule has 0 unspecified atom stereocenters. The van der Waals surface area contributed by atoms with Crippen molar-refractivity contribution >= 4 is 0 Å². The van der Waals surface area contributed by atoms with E-state index in [4.69, 9.17) is 0 Å². The normalized spacial score (nSPS) is 11.2. The van der Waals surface area contributed by atoms with E-state index in [0.29, 0.717) is 17.9 Å². The van der Waals surface area contributed by atoms with Gasteiger partial charge in [-0.25, -0.2) is 4.68 Å². The van der Waals surface area contributed by atoms with Gasteiger partial charge >= 0.3 is 6.55 Å². The van der Waals surface area contributed by atoms with Crippen molar-refractivity contribution in [3.63, 3.8) is 0 Å². The molecule has 74 valence electrons. The van der Waals surface area contributed by atoms with Crippen LogP contribution in [0.3, 0.4) is 0 Å². The largest absolute Gasteiger partial charge is 0.333 e. The van der Waals surface area contributed by atoms with Gasteiger partial charge in [0.05, 0.1) is 5.69 Å². The topological polar surface area (TPSA) is 29.9 Å². The Morgan fingerprint density at radius 2 is 2.08 bits per heavy atom. The van der Waals surface area contributed by atoms with Crippen molar-refractivity contribution in [1.29, 1.82) is 0 Å². The van der Waals surface area contributed by atoms with Crippen LogP contribution < -0.4 is 5.32 Å². The minimum absolute atomic E-state index is 0.529. The summed E-state index contributed by atoms with van der Waals surface area (Å²) in [7, 11) is 1.78. The maximum atomic E-state index is 12.3. The molecular formula is C8H13F2N3. The van der Waals surface area contributed by atoms with E-state index in [9.17, 15) is 8.78 Å². The van der Waals surface area contributed by atoms with Crippen molar-refractivity contribution in [1.82, 2.24) is 15.1 Å². The molecule has 0 aliphatic heterocycles. The molecule has 1 aromatic heterocycles. The van der Waals surface area contributed by atoms with Gasteiger partial charge in [-0.3, -0.25) is 0 Å². The van der Waals surface area contributed by atoms with Crippen LogP contribution in [0.1, 0.15) is 23.5 Å². The first-order chi connectivity index (χ1) is 6.07. The Hall–Kier alpha value is -0.970. The smallest absolute Gasteiger partial charge is 0.316 e. The molecule has 0 radical (unpaired) electrons. The minimum Gasteiger partial charge on any atom is -0.316 e. The Kier molecular flexibility index (Phi) is 2.98. The first-order valence-corrected chi connectivity index (χ1v) is 4.05. The maximum Gasteiger partial charge on any atom is 0.333 e. The predicted octanol–water partition coefficient (Wildman–Crippen LogP) is 1.61. The van der Waals surface area contributed by atoms with Crippen LogP contribution in [0.2, 0.25) is 0 Å². The lowest BCUT2D eigenvalue weighted by Gasteiger charge is -2.02. The van der Waals surface area contributed by atoms with E-state index in [2.05, 4.69) is 10.4 Å². The van der Waals surface area contributed by atoms with Crippen LogP contribution in [0.5, 0.6) is 0 Å². The van der Waals surface area contributed by atoms with Crippen LogP contribution in [0.15, 0.2) is 0 Å². The van der Waals surface area contributed by atoms with Gasteiger partial charge in [0, 0.05) is 17.8 Å². The second-order valence-electron chi connectivity index (χ2n) is 2.90. The number of nitrogens with one attached hydrogen (secondary N) is 1. The molecule has 13 heavy (non-hydrogen) atoms. The average molecular weight is 189 g/mol. The Balaban J connectivity index is 3.07. The summed E-state index contributed by atoms with van der Waals surface area (Å²) in [4.78, 5) is 0. The standard InChI is InChI=1S/C8H13F2N3/c1-5-7(4-11-3)6(2)13(12-5)8(9)10/h8,11H,4H2,1-3H3. The Bertz CT molecular complexity index is 294. The molecular weight excluding hydrogens is 176 g/mol. The summed E-state index contributed by atoms with van der Waals surface area (Å²) in [5.74, 6) is 0. The Morgan fingerprint density at radius 1 is 1.46 bits per heavy atom. The van der Waals surface area contributed by atoms with Gasteiger partial charge in [-0.1, -0.05) is 0 Å². The average Bonchev–Trinajstić information content (AvgIpc) is 2.32. The number of hydrogen-bond donors (Lipinski definition) is 1. The summed E-state index contributed by atoms with van der Waals surface area (Å²) >= 11 is 0. The summed E-state index contributed by atoms with van der Waals surface area (Å²) in [5, 5.41) is 6.67. The number of nitrogens with zero attached hydrogens (tertiary/aromatic N) is 2. The molecule has 1 aromatic rings. The molecule has 0 aliphatic rings. The molecule has 3 nitrogen and oxygen atoms in total. The molecule has 0 bridgehead atoms. The van der Waals surface area contributed by atoms with Crippen molar-refractivity contribution in [2.45, 2.75) is 26.9 Å². The highest BCUT2D eigenvalue weighted by Crippen LogP contribution is 2.18. The number of alkyl halides is 2. The molecule has 1 N–H and O–H groups in total. The second kappa shape index (κ2) is 3.83. The number of hydrogen-bond acceptors (Lipinski definition) is 2. The Labute approximate surface area is 75.7 Å². The first kappa shape index (κ1) is 10.1. The molecule has 0 aliphatic carbocycles. The fraction of sp³-hybridized carbons (Fsp3) is 0.625. The Morgan fingerprint density at radius 3 is 2.46 bits per heavy atom. The van der Waals surface area contributed by atoms with Crippen LogP contribution in [-0.4, -0.2) is 16.8 Å². The monoisotopic (exact) mass is 189 g/mol. The van der Waals surface area contributed by atoms with Gasteiger partial charge in [-0.2, -0.15) is 13.9 Å². The molecule has 0 spiro atoms. The van der Waals surface area contributed by atoms with E-state index in [0.717, 1.165) is 10.2 Å². The molecule has 5 heteroatoms. The van der Waals surface area contributed by atoms with Crippen LogP contribution in [0.25, 0.3) is 0 Å². The van der Waals surface area contributed by atoms with Gasteiger partial charge in [0.15, 0.2) is 0 Å². The molecule has 1 heterocycles. The lowest BCUT2D eigenvalue weighted by Crippen LogP contribution is -2.08. The van der Waals surface area contributed by atoms with Gasteiger partial charge in [0.2, 0.25) is 0 Å². The number of aryl methyl sites for hydroxylation is 1. The van der Waals surface area contributed by atoms with Crippen molar-refractivity contribution in [2.75, 3.05) is 7.05 Å². The predicted molar refractivity (Wildman–Crippen MR) is 45.7 cm³/mol. The van der Waals surface area contributed by atoms with Gasteiger partial charge in [-0.15, -0.1) is 0 Å². The highest BCUT2D eigenvalue weighted by atomic mass is 19.3. The zero-order chi connectivity index (χ0) is 10.0. The summed E-state index contributed by atoms with van der Waals surface area (Å²) in [6, 6.07) is 0. The fourth-order valence-electron chi connectivity index (χ4n) is 1.32. The van der Waals surface area contributed by atoms with Crippen molar-refractivity contribution in [3.05, 3.63) is 17.0 Å².